The van der Waals surface area contributed by atoms with E-state index in [1.807, 2.05) is 0 Å². The molecule has 0 fully saturated rings. The molecule has 0 radical (unpaired) electrons. The minimum atomic E-state index is -0.776. The second-order valence-corrected chi connectivity index (χ2v) is 3.59. The fourth-order valence-corrected chi connectivity index (χ4v) is 1.02. The van der Waals surface area contributed by atoms with Crippen LogP contribution in [-0.4, -0.2) is 29.8 Å². The third-order valence-electron chi connectivity index (χ3n) is 1.68. The summed E-state index contributed by atoms with van der Waals surface area (Å²) in [5.41, 5.74) is 0. The number of rotatable bonds is 7. The van der Waals surface area contributed by atoms with E-state index in [-0.39, 0.29) is 12.5 Å². The molecule has 0 spiro atoms. The molecule has 0 aromatic rings. The third-order valence-corrected chi connectivity index (χ3v) is 1.68. The molecule has 2 N–H and O–H groups in total. The van der Waals surface area contributed by atoms with E-state index in [4.69, 9.17) is 9.84 Å². The van der Waals surface area contributed by atoms with Gasteiger partial charge in [-0.3, -0.25) is 4.79 Å². The molecule has 0 saturated heterocycles. The highest BCUT2D eigenvalue weighted by Gasteiger charge is 2.03. The number of unbranched alkanes of at least 4 members (excludes halogenated alkanes) is 2. The molecule has 0 aromatic heterocycles. The van der Waals surface area contributed by atoms with Crippen LogP contribution < -0.4 is 5.32 Å². The van der Waals surface area contributed by atoms with Crippen molar-refractivity contribution < 1.29 is 19.4 Å². The van der Waals surface area contributed by atoms with Crippen LogP contribution >= 0.6 is 0 Å². The van der Waals surface area contributed by atoms with Gasteiger partial charge in [0.15, 0.2) is 0 Å². The van der Waals surface area contributed by atoms with Crippen LogP contribution in [0.1, 0.15) is 39.5 Å². The highest BCUT2D eigenvalue weighted by atomic mass is 16.6. The number of carboxylic acid groups (broad SMARTS) is 1. The van der Waals surface area contributed by atoms with E-state index in [1.165, 1.54) is 0 Å². The van der Waals surface area contributed by atoms with Gasteiger partial charge in [0, 0.05) is 13.0 Å². The normalized spacial score (nSPS) is 10.1. The fourth-order valence-electron chi connectivity index (χ4n) is 1.02. The molecule has 0 aliphatic carbocycles. The number of carbonyl (C=O) groups excluding carboxylic acids is 1. The average molecular weight is 217 g/mol. The number of hydrogen-bond acceptors (Lipinski definition) is 3. The molecule has 0 saturated carbocycles. The van der Waals surface area contributed by atoms with Crippen molar-refractivity contribution in [3.63, 3.8) is 0 Å². The maximum atomic E-state index is 11.0. The van der Waals surface area contributed by atoms with Crippen molar-refractivity contribution in [2.24, 2.45) is 0 Å². The predicted octanol–water partition coefficient (Wildman–Crippen LogP) is 1.77. The molecule has 0 aliphatic rings. The van der Waals surface area contributed by atoms with E-state index in [9.17, 15) is 9.59 Å². The van der Waals surface area contributed by atoms with Crippen molar-refractivity contribution in [3.8, 4) is 0 Å². The lowest BCUT2D eigenvalue weighted by molar-refractivity contribution is -0.137. The molecule has 0 aromatic carbocycles. The van der Waals surface area contributed by atoms with Crippen LogP contribution in [0.2, 0.25) is 0 Å². The maximum absolute atomic E-state index is 11.0. The number of nitrogens with one attached hydrogen (secondary N) is 1. The molecular formula is C10H19NO4. The van der Waals surface area contributed by atoms with Crippen LogP contribution in [0.5, 0.6) is 0 Å². The summed E-state index contributed by atoms with van der Waals surface area (Å²) in [6, 6.07) is 0. The molecule has 0 bridgehead atoms. The molecule has 0 aliphatic heterocycles. The minimum absolute atomic E-state index is 0.114. The number of amides is 1. The minimum Gasteiger partial charge on any atom is -0.481 e. The summed E-state index contributed by atoms with van der Waals surface area (Å²) in [6.07, 6.45) is 1.89. The number of carbonyl (C=O) groups is 2. The Hall–Kier alpha value is -1.26. The summed E-state index contributed by atoms with van der Waals surface area (Å²) in [5.74, 6) is -0.776. The van der Waals surface area contributed by atoms with Gasteiger partial charge < -0.3 is 15.2 Å². The lowest BCUT2D eigenvalue weighted by Gasteiger charge is -2.08. The predicted molar refractivity (Wildman–Crippen MR) is 55.7 cm³/mol. The monoisotopic (exact) mass is 217 g/mol. The number of alkyl carbamates (subject to hydrolysis) is 1. The number of carboxylic acids is 1. The molecule has 5 heteroatoms. The Kier molecular flexibility index (Phi) is 7.40. The van der Waals surface area contributed by atoms with Crippen molar-refractivity contribution in [2.75, 3.05) is 6.54 Å². The first-order valence-corrected chi connectivity index (χ1v) is 5.18. The number of hydrogen-bond donors (Lipinski definition) is 2. The highest BCUT2D eigenvalue weighted by Crippen LogP contribution is 1.98. The zero-order valence-corrected chi connectivity index (χ0v) is 9.28. The van der Waals surface area contributed by atoms with E-state index >= 15 is 0 Å². The van der Waals surface area contributed by atoms with Gasteiger partial charge in [0.25, 0.3) is 0 Å². The van der Waals surface area contributed by atoms with Crippen molar-refractivity contribution in [1.82, 2.24) is 5.32 Å². The summed E-state index contributed by atoms with van der Waals surface area (Å²) in [7, 11) is 0. The smallest absolute Gasteiger partial charge is 0.407 e. The molecule has 0 atom stereocenters. The fraction of sp³-hybridized carbons (Fsp3) is 0.800. The first-order chi connectivity index (χ1) is 7.02. The zero-order chi connectivity index (χ0) is 11.7. The SMILES string of the molecule is CC(C)OC(=O)NCCCCCC(=O)O. The van der Waals surface area contributed by atoms with E-state index in [2.05, 4.69) is 5.32 Å². The molecule has 0 unspecified atom stereocenters. The molecule has 0 rings (SSSR count). The molecular weight excluding hydrogens is 198 g/mol. The van der Waals surface area contributed by atoms with Gasteiger partial charge in [-0.15, -0.1) is 0 Å². The Labute approximate surface area is 89.8 Å². The Morgan fingerprint density at radius 2 is 1.93 bits per heavy atom. The van der Waals surface area contributed by atoms with Crippen LogP contribution in [0.4, 0.5) is 4.79 Å². The van der Waals surface area contributed by atoms with Gasteiger partial charge >= 0.3 is 12.1 Å². The van der Waals surface area contributed by atoms with E-state index in [1.54, 1.807) is 13.8 Å². The standard InChI is InChI=1S/C10H19NO4/c1-8(2)15-10(14)11-7-5-3-4-6-9(12)13/h8H,3-7H2,1-2H3,(H,11,14)(H,12,13). The van der Waals surface area contributed by atoms with Crippen molar-refractivity contribution in [1.29, 1.82) is 0 Å². The van der Waals surface area contributed by atoms with Crippen molar-refractivity contribution >= 4 is 12.1 Å². The second-order valence-electron chi connectivity index (χ2n) is 3.59. The molecule has 15 heavy (non-hydrogen) atoms. The topological polar surface area (TPSA) is 75.6 Å². The summed E-state index contributed by atoms with van der Waals surface area (Å²) in [5, 5.41) is 11.0. The van der Waals surface area contributed by atoms with Gasteiger partial charge in [-0.1, -0.05) is 6.42 Å². The average Bonchev–Trinajstić information content (AvgIpc) is 2.09. The summed E-state index contributed by atoms with van der Waals surface area (Å²) in [4.78, 5) is 21.1. The lowest BCUT2D eigenvalue weighted by atomic mass is 10.2. The van der Waals surface area contributed by atoms with Crippen LogP contribution in [0, 0.1) is 0 Å². The number of ether oxygens (including phenoxy) is 1. The molecule has 1 amide bonds. The van der Waals surface area contributed by atoms with Gasteiger partial charge in [0.1, 0.15) is 0 Å². The summed E-state index contributed by atoms with van der Waals surface area (Å²) >= 11 is 0. The van der Waals surface area contributed by atoms with Gasteiger partial charge in [-0.05, 0) is 26.7 Å². The summed E-state index contributed by atoms with van der Waals surface area (Å²) in [6.45, 7) is 4.10. The van der Waals surface area contributed by atoms with Crippen LogP contribution in [-0.2, 0) is 9.53 Å². The van der Waals surface area contributed by atoms with E-state index in [0.717, 1.165) is 12.8 Å². The Morgan fingerprint density at radius 1 is 1.27 bits per heavy atom. The maximum Gasteiger partial charge on any atom is 0.407 e. The van der Waals surface area contributed by atoms with Crippen LogP contribution in [0.15, 0.2) is 0 Å². The van der Waals surface area contributed by atoms with E-state index < -0.39 is 12.1 Å². The van der Waals surface area contributed by atoms with Gasteiger partial charge in [0.05, 0.1) is 6.10 Å². The van der Waals surface area contributed by atoms with Gasteiger partial charge in [-0.2, -0.15) is 0 Å². The summed E-state index contributed by atoms with van der Waals surface area (Å²) < 4.78 is 4.85. The van der Waals surface area contributed by atoms with Crippen LogP contribution in [0.25, 0.3) is 0 Å². The Morgan fingerprint density at radius 3 is 2.47 bits per heavy atom. The largest absolute Gasteiger partial charge is 0.481 e. The molecule has 0 heterocycles. The first kappa shape index (κ1) is 13.7. The number of aliphatic carboxylic acids is 1. The van der Waals surface area contributed by atoms with E-state index in [0.29, 0.717) is 13.0 Å². The van der Waals surface area contributed by atoms with Crippen molar-refractivity contribution in [3.05, 3.63) is 0 Å². The second kappa shape index (κ2) is 8.08. The quantitative estimate of drug-likeness (QED) is 0.637. The molecule has 88 valence electrons. The van der Waals surface area contributed by atoms with Gasteiger partial charge in [-0.25, -0.2) is 4.79 Å². The van der Waals surface area contributed by atoms with Crippen molar-refractivity contribution in [2.45, 2.75) is 45.6 Å². The molecule has 5 nitrogen and oxygen atoms in total. The first-order valence-electron chi connectivity index (χ1n) is 5.18. The highest BCUT2D eigenvalue weighted by molar-refractivity contribution is 5.67. The third kappa shape index (κ3) is 10.7. The Bertz CT molecular complexity index is 204. The zero-order valence-electron chi connectivity index (χ0n) is 9.28. The van der Waals surface area contributed by atoms with Crippen LogP contribution in [0.3, 0.4) is 0 Å². The van der Waals surface area contributed by atoms with Gasteiger partial charge in [0.2, 0.25) is 0 Å². The Balaban J connectivity index is 3.24. The lowest BCUT2D eigenvalue weighted by Crippen LogP contribution is -2.27.